The number of Topliss-reactive ketones (excluding diaryl/α,β-unsaturated/α-hetero) is 1. The third kappa shape index (κ3) is 4.05. The molecule has 7 rings (SSSR count). The molecule has 0 radical (unpaired) electrons. The molecule has 8 nitrogen and oxygen atoms in total. The van der Waals surface area contributed by atoms with Crippen molar-refractivity contribution < 1.29 is 24.1 Å². The fourth-order valence-electron chi connectivity index (χ4n) is 10.6. The van der Waals surface area contributed by atoms with E-state index < -0.39 is 5.60 Å². The Morgan fingerprint density at radius 3 is 2.36 bits per heavy atom. The molecule has 3 saturated carbocycles. The van der Waals surface area contributed by atoms with Crippen LogP contribution in [0.2, 0.25) is 0 Å². The Balaban J connectivity index is 1.29. The van der Waals surface area contributed by atoms with Crippen molar-refractivity contribution in [2.75, 3.05) is 5.06 Å². The second-order valence-corrected chi connectivity index (χ2v) is 14.4. The number of hydrogen-bond acceptors (Lipinski definition) is 7. The largest absolute Gasteiger partial charge is 0.462 e. The molecular weight excluding hydrogens is 556 g/mol. The lowest BCUT2D eigenvalue weighted by atomic mass is 9.46. The number of nitro groups is 1. The van der Waals surface area contributed by atoms with E-state index in [1.54, 1.807) is 19.1 Å². The van der Waals surface area contributed by atoms with Crippen molar-refractivity contribution in [3.05, 3.63) is 81.9 Å². The number of esters is 1. The first-order chi connectivity index (χ1) is 21.0. The molecule has 0 bridgehead atoms. The number of carbonyl (C=O) groups excluding carboxylic acids is 2. The van der Waals surface area contributed by atoms with Gasteiger partial charge in [0.05, 0.1) is 16.7 Å². The summed E-state index contributed by atoms with van der Waals surface area (Å²) in [4.78, 5) is 44.0. The van der Waals surface area contributed by atoms with E-state index >= 15 is 0 Å². The molecule has 4 aliphatic carbocycles. The molecule has 1 heterocycles. The number of non-ortho nitro benzene ring substituents is 1. The zero-order valence-corrected chi connectivity index (χ0v) is 26.0. The molecule has 0 aromatic heterocycles. The maximum absolute atomic E-state index is 14.1. The highest BCUT2D eigenvalue weighted by Gasteiger charge is 2.75. The van der Waals surface area contributed by atoms with Crippen LogP contribution in [0, 0.1) is 44.6 Å². The van der Waals surface area contributed by atoms with Crippen LogP contribution in [0.15, 0.2) is 66.2 Å². The van der Waals surface area contributed by atoms with E-state index in [1.807, 2.05) is 47.5 Å². The van der Waals surface area contributed by atoms with E-state index in [0.29, 0.717) is 17.8 Å². The predicted molar refractivity (Wildman–Crippen MR) is 165 cm³/mol. The molecule has 232 valence electrons. The maximum Gasteiger partial charge on any atom is 0.302 e. The number of nitrogens with zero attached hydrogens (tertiary/aromatic N) is 2. The first-order valence-corrected chi connectivity index (χ1v) is 16.1. The summed E-state index contributed by atoms with van der Waals surface area (Å²) in [7, 11) is 0. The van der Waals surface area contributed by atoms with Gasteiger partial charge in [0.1, 0.15) is 6.10 Å². The predicted octanol–water partition coefficient (Wildman–Crippen LogP) is 7.54. The van der Waals surface area contributed by atoms with Crippen LogP contribution >= 0.6 is 0 Å². The molecule has 0 N–H and O–H groups in total. The molecule has 0 amide bonds. The fourth-order valence-corrected chi connectivity index (χ4v) is 10.6. The van der Waals surface area contributed by atoms with Gasteiger partial charge in [-0.05, 0) is 86.3 Å². The van der Waals surface area contributed by atoms with Crippen molar-refractivity contribution in [1.82, 2.24) is 0 Å². The number of para-hydroxylation sites is 1. The number of rotatable bonds is 5. The van der Waals surface area contributed by atoms with Crippen LogP contribution < -0.4 is 5.06 Å². The van der Waals surface area contributed by atoms with Crippen LogP contribution in [0.4, 0.5) is 11.4 Å². The first kappa shape index (κ1) is 29.2. The Bertz CT molecular complexity index is 1520. The summed E-state index contributed by atoms with van der Waals surface area (Å²) in [5.74, 6) is 0.991. The normalized spacial score (nSPS) is 38.9. The van der Waals surface area contributed by atoms with Crippen molar-refractivity contribution in [3.8, 4) is 0 Å². The number of hydroxylamine groups is 1. The minimum atomic E-state index is -0.997. The third-order valence-electron chi connectivity index (χ3n) is 12.5. The number of allylic oxidation sites excluding steroid dienone is 1. The molecule has 1 saturated heterocycles. The lowest BCUT2D eigenvalue weighted by Gasteiger charge is -2.59. The minimum absolute atomic E-state index is 0.0381. The summed E-state index contributed by atoms with van der Waals surface area (Å²) in [6.45, 7) is 7.92. The average Bonchev–Trinajstić information content (AvgIpc) is 3.48. The lowest BCUT2D eigenvalue weighted by molar-refractivity contribution is -0.384. The molecule has 9 atom stereocenters. The van der Waals surface area contributed by atoms with Crippen molar-refractivity contribution in [2.24, 2.45) is 34.5 Å². The summed E-state index contributed by atoms with van der Waals surface area (Å²) in [6.07, 6.45) is 8.86. The molecular formula is C36H42N2O6. The van der Waals surface area contributed by atoms with Gasteiger partial charge in [-0.1, -0.05) is 55.8 Å². The van der Waals surface area contributed by atoms with E-state index in [0.717, 1.165) is 56.2 Å². The van der Waals surface area contributed by atoms with Crippen LogP contribution in [0.25, 0.3) is 0 Å². The van der Waals surface area contributed by atoms with E-state index in [2.05, 4.69) is 19.9 Å². The molecule has 5 aliphatic rings. The minimum Gasteiger partial charge on any atom is -0.462 e. The molecule has 4 fully saturated rings. The van der Waals surface area contributed by atoms with E-state index in [1.165, 1.54) is 12.5 Å². The number of anilines is 1. The van der Waals surface area contributed by atoms with Crippen molar-refractivity contribution in [1.29, 1.82) is 0 Å². The van der Waals surface area contributed by atoms with Gasteiger partial charge < -0.3 is 4.74 Å². The van der Waals surface area contributed by atoms with Crippen LogP contribution in [-0.4, -0.2) is 28.4 Å². The van der Waals surface area contributed by atoms with Gasteiger partial charge in [-0.25, -0.2) is 5.06 Å². The second kappa shape index (κ2) is 10.3. The van der Waals surface area contributed by atoms with Gasteiger partial charge >= 0.3 is 5.97 Å². The summed E-state index contributed by atoms with van der Waals surface area (Å²) in [6, 6.07) is 16.5. The second-order valence-electron chi connectivity index (χ2n) is 14.4. The smallest absolute Gasteiger partial charge is 0.302 e. The van der Waals surface area contributed by atoms with Crippen LogP contribution in [-0.2, 0) is 19.2 Å². The Labute approximate surface area is 258 Å². The standard InChI is InChI=1S/C36H42N2O6/c1-22(39)36-32(33(24-10-13-27(14-11-24)38(41)42)37(44-36)26-8-6-5-7-9-26)21-31-29-15-12-25-20-28(43-23(2)40)16-18-34(25,3)30(29)17-19-35(31,36)4/h5-14,28-33H,15-21H2,1-4H3/t28-,29+,30-,31-,32-,33-,34-,35-,36+/m0/s1. The molecule has 44 heavy (non-hydrogen) atoms. The van der Waals surface area contributed by atoms with Gasteiger partial charge in [-0.15, -0.1) is 0 Å². The van der Waals surface area contributed by atoms with Gasteiger partial charge in [0.15, 0.2) is 11.4 Å². The van der Waals surface area contributed by atoms with Gasteiger partial charge in [0.25, 0.3) is 5.69 Å². The fraction of sp³-hybridized carbons (Fsp3) is 0.556. The van der Waals surface area contributed by atoms with Crippen molar-refractivity contribution in [3.63, 3.8) is 0 Å². The number of ketones is 1. The highest BCUT2D eigenvalue weighted by atomic mass is 16.7. The van der Waals surface area contributed by atoms with Gasteiger partial charge in [0, 0.05) is 36.8 Å². The van der Waals surface area contributed by atoms with Crippen LogP contribution in [0.3, 0.4) is 0 Å². The first-order valence-electron chi connectivity index (χ1n) is 16.1. The monoisotopic (exact) mass is 598 g/mol. The Morgan fingerprint density at radius 2 is 1.70 bits per heavy atom. The lowest BCUT2D eigenvalue weighted by Crippen LogP contribution is -2.58. The van der Waals surface area contributed by atoms with Crippen molar-refractivity contribution >= 4 is 23.1 Å². The van der Waals surface area contributed by atoms with E-state index in [9.17, 15) is 19.7 Å². The Hall–Kier alpha value is -3.52. The van der Waals surface area contributed by atoms with Gasteiger partial charge in [0.2, 0.25) is 0 Å². The third-order valence-corrected chi connectivity index (χ3v) is 12.5. The molecule has 8 heteroatoms. The number of nitro benzene ring substituents is 1. The Kier molecular flexibility index (Phi) is 6.81. The Morgan fingerprint density at radius 1 is 0.977 bits per heavy atom. The van der Waals surface area contributed by atoms with Crippen LogP contribution in [0.1, 0.15) is 84.2 Å². The summed E-state index contributed by atoms with van der Waals surface area (Å²) in [5.41, 5.74) is 2.00. The number of hydrogen-bond donors (Lipinski definition) is 0. The number of ether oxygens (including phenoxy) is 1. The van der Waals surface area contributed by atoms with Gasteiger partial charge in [-0.2, -0.15) is 0 Å². The molecule has 0 spiro atoms. The summed E-state index contributed by atoms with van der Waals surface area (Å²) < 4.78 is 5.64. The maximum atomic E-state index is 14.1. The molecule has 1 aliphatic heterocycles. The molecule has 0 unspecified atom stereocenters. The molecule has 2 aromatic carbocycles. The number of fused-ring (bicyclic) bond motifs is 7. The summed E-state index contributed by atoms with van der Waals surface area (Å²) >= 11 is 0. The highest BCUT2D eigenvalue weighted by molar-refractivity contribution is 5.88. The summed E-state index contributed by atoms with van der Waals surface area (Å²) in [5, 5.41) is 13.4. The molecule has 2 aromatic rings. The highest BCUT2D eigenvalue weighted by Crippen LogP contribution is 2.73. The van der Waals surface area contributed by atoms with E-state index in [4.69, 9.17) is 9.57 Å². The van der Waals surface area contributed by atoms with Crippen LogP contribution in [0.5, 0.6) is 0 Å². The SMILES string of the molecule is CC(=O)O[C@H]1CC[C@@]2(C)C(=CC[C@@H]3[C@@H]2CC[C@@]2(C)[C@H]3C[C@H]3[C@H](c4ccc([N+](=O)[O-])cc4)N(c4ccccc4)O[C@]32C(C)=O)C1. The van der Waals surface area contributed by atoms with E-state index in [-0.39, 0.29) is 51.3 Å². The quantitative estimate of drug-likeness (QED) is 0.152. The average molecular weight is 599 g/mol. The topological polar surface area (TPSA) is 99.0 Å². The zero-order chi connectivity index (χ0) is 31.0. The number of carbonyl (C=O) groups is 2. The van der Waals surface area contributed by atoms with Crippen molar-refractivity contribution in [2.45, 2.75) is 90.4 Å². The zero-order valence-electron chi connectivity index (χ0n) is 26.0. The van der Waals surface area contributed by atoms with Gasteiger partial charge in [-0.3, -0.25) is 24.5 Å². The number of benzene rings is 2.